The monoisotopic (exact) mass is 271 g/mol. The van der Waals surface area contributed by atoms with Gasteiger partial charge in [0.15, 0.2) is 5.82 Å². The van der Waals surface area contributed by atoms with Crippen LogP contribution in [-0.4, -0.2) is 15.2 Å². The highest BCUT2D eigenvalue weighted by atomic mass is 79.9. The molecule has 0 aliphatic rings. The lowest BCUT2D eigenvalue weighted by Gasteiger charge is -2.00. The summed E-state index contributed by atoms with van der Waals surface area (Å²) in [6, 6.07) is 5.66. The summed E-state index contributed by atoms with van der Waals surface area (Å²) in [6.45, 7) is 1.85. The van der Waals surface area contributed by atoms with Crippen molar-refractivity contribution in [2.75, 3.05) is 0 Å². The highest BCUT2D eigenvalue weighted by molar-refractivity contribution is 9.10. The van der Waals surface area contributed by atoms with Gasteiger partial charge < -0.3 is 0 Å². The van der Waals surface area contributed by atoms with Gasteiger partial charge in [0.1, 0.15) is 5.82 Å². The van der Waals surface area contributed by atoms with Gasteiger partial charge in [0, 0.05) is 10.0 Å². The minimum absolute atomic E-state index is 0.619. The molecule has 0 fully saturated rings. The molecule has 0 radical (unpaired) electrons. The van der Waals surface area contributed by atoms with E-state index in [0.717, 1.165) is 15.9 Å². The second-order valence-corrected chi connectivity index (χ2v) is 4.08. The first kappa shape index (κ1) is 9.68. The van der Waals surface area contributed by atoms with Crippen molar-refractivity contribution in [3.05, 3.63) is 33.5 Å². The Hall–Kier alpha value is -0.870. The highest BCUT2D eigenvalue weighted by Gasteiger charge is 2.09. The number of aromatic nitrogens is 3. The maximum absolute atomic E-state index is 6.10. The fourth-order valence-electron chi connectivity index (χ4n) is 1.14. The Kier molecular flexibility index (Phi) is 2.56. The number of H-pyrrole nitrogens is 1. The normalized spacial score (nSPS) is 10.5. The first-order valence-electron chi connectivity index (χ1n) is 4.02. The van der Waals surface area contributed by atoms with Crippen LogP contribution >= 0.6 is 27.5 Å². The molecule has 72 valence electrons. The zero-order chi connectivity index (χ0) is 10.1. The van der Waals surface area contributed by atoms with Crippen LogP contribution in [0.2, 0.25) is 5.02 Å². The van der Waals surface area contributed by atoms with Crippen LogP contribution in [0.3, 0.4) is 0 Å². The van der Waals surface area contributed by atoms with Gasteiger partial charge in [0.05, 0.1) is 5.02 Å². The summed E-state index contributed by atoms with van der Waals surface area (Å²) in [6.07, 6.45) is 0. The lowest BCUT2D eigenvalue weighted by atomic mass is 10.2. The molecular formula is C9H7BrClN3. The van der Waals surface area contributed by atoms with Gasteiger partial charge in [-0.15, -0.1) is 0 Å². The average Bonchev–Trinajstić information content (AvgIpc) is 2.57. The minimum Gasteiger partial charge on any atom is -0.263 e. The molecule has 2 rings (SSSR count). The number of hydrogen-bond acceptors (Lipinski definition) is 2. The second-order valence-electron chi connectivity index (χ2n) is 2.85. The third-order valence-corrected chi connectivity index (χ3v) is 3.09. The smallest absolute Gasteiger partial charge is 0.182 e. The van der Waals surface area contributed by atoms with Gasteiger partial charge in [-0.1, -0.05) is 17.7 Å². The molecule has 0 saturated heterocycles. The quantitative estimate of drug-likeness (QED) is 0.866. The van der Waals surface area contributed by atoms with Crippen LogP contribution in [0.4, 0.5) is 0 Å². The zero-order valence-electron chi connectivity index (χ0n) is 7.38. The van der Waals surface area contributed by atoms with Crippen LogP contribution < -0.4 is 0 Å². The SMILES string of the molecule is Cc1nc(-c2cccc(Br)c2Cl)n[nH]1. The van der Waals surface area contributed by atoms with Crippen molar-refractivity contribution in [3.8, 4) is 11.4 Å². The Morgan fingerprint density at radius 2 is 2.21 bits per heavy atom. The number of halogens is 2. The third kappa shape index (κ3) is 1.67. The molecule has 5 heteroatoms. The van der Waals surface area contributed by atoms with Gasteiger partial charge >= 0.3 is 0 Å². The molecule has 3 nitrogen and oxygen atoms in total. The van der Waals surface area contributed by atoms with E-state index in [1.807, 2.05) is 25.1 Å². The van der Waals surface area contributed by atoms with Crippen molar-refractivity contribution >= 4 is 27.5 Å². The second kappa shape index (κ2) is 3.71. The Labute approximate surface area is 94.6 Å². The van der Waals surface area contributed by atoms with E-state index in [1.165, 1.54) is 0 Å². The Balaban J connectivity index is 2.57. The molecule has 1 N–H and O–H groups in total. The number of nitrogens with one attached hydrogen (secondary N) is 1. The van der Waals surface area contributed by atoms with Gasteiger partial charge in [0.2, 0.25) is 0 Å². The molecule has 2 aromatic rings. The lowest BCUT2D eigenvalue weighted by Crippen LogP contribution is -1.83. The predicted octanol–water partition coefficient (Wildman–Crippen LogP) is 3.20. The third-order valence-electron chi connectivity index (χ3n) is 1.79. The summed E-state index contributed by atoms with van der Waals surface area (Å²) < 4.78 is 0.846. The number of benzene rings is 1. The van der Waals surface area contributed by atoms with E-state index in [9.17, 15) is 0 Å². The average molecular weight is 273 g/mol. The molecule has 0 bridgehead atoms. The van der Waals surface area contributed by atoms with E-state index in [1.54, 1.807) is 0 Å². The number of aromatic amines is 1. The van der Waals surface area contributed by atoms with Crippen molar-refractivity contribution in [2.24, 2.45) is 0 Å². The Morgan fingerprint density at radius 3 is 2.86 bits per heavy atom. The Bertz CT molecular complexity index is 467. The van der Waals surface area contributed by atoms with Crippen LogP contribution in [0.15, 0.2) is 22.7 Å². The maximum atomic E-state index is 6.10. The maximum Gasteiger partial charge on any atom is 0.182 e. The standard InChI is InChI=1S/C9H7BrClN3/c1-5-12-9(14-13-5)6-3-2-4-7(10)8(6)11/h2-4H,1H3,(H,12,13,14). The first-order chi connectivity index (χ1) is 6.68. The van der Waals surface area contributed by atoms with Crippen LogP contribution in [0.1, 0.15) is 5.82 Å². The van der Waals surface area contributed by atoms with E-state index in [0.29, 0.717) is 10.8 Å². The van der Waals surface area contributed by atoms with Gasteiger partial charge in [0.25, 0.3) is 0 Å². The number of nitrogens with zero attached hydrogens (tertiary/aromatic N) is 2. The summed E-state index contributed by atoms with van der Waals surface area (Å²) >= 11 is 9.45. The summed E-state index contributed by atoms with van der Waals surface area (Å²) in [5, 5.41) is 7.46. The van der Waals surface area contributed by atoms with E-state index >= 15 is 0 Å². The molecule has 0 aliphatic carbocycles. The van der Waals surface area contributed by atoms with E-state index in [-0.39, 0.29) is 0 Å². The summed E-state index contributed by atoms with van der Waals surface area (Å²) in [7, 11) is 0. The van der Waals surface area contributed by atoms with Crippen LogP contribution in [-0.2, 0) is 0 Å². The molecule has 1 heterocycles. The van der Waals surface area contributed by atoms with Gasteiger partial charge in [-0.05, 0) is 35.0 Å². The van der Waals surface area contributed by atoms with Crippen LogP contribution in [0.25, 0.3) is 11.4 Å². The van der Waals surface area contributed by atoms with Crippen molar-refractivity contribution < 1.29 is 0 Å². The van der Waals surface area contributed by atoms with Crippen LogP contribution in [0, 0.1) is 6.92 Å². The van der Waals surface area contributed by atoms with Crippen molar-refractivity contribution in [1.82, 2.24) is 15.2 Å². The molecule has 14 heavy (non-hydrogen) atoms. The zero-order valence-corrected chi connectivity index (χ0v) is 9.72. The predicted molar refractivity (Wildman–Crippen MR) is 59.3 cm³/mol. The van der Waals surface area contributed by atoms with Crippen molar-refractivity contribution in [3.63, 3.8) is 0 Å². The molecule has 1 aromatic carbocycles. The number of hydrogen-bond donors (Lipinski definition) is 1. The highest BCUT2D eigenvalue weighted by Crippen LogP contribution is 2.31. The number of rotatable bonds is 1. The van der Waals surface area contributed by atoms with E-state index in [2.05, 4.69) is 31.1 Å². The fraction of sp³-hybridized carbons (Fsp3) is 0.111. The van der Waals surface area contributed by atoms with Crippen molar-refractivity contribution in [2.45, 2.75) is 6.92 Å². The summed E-state index contributed by atoms with van der Waals surface area (Å²) in [5.41, 5.74) is 0.824. The topological polar surface area (TPSA) is 41.6 Å². The van der Waals surface area contributed by atoms with Gasteiger partial charge in [-0.3, -0.25) is 5.10 Å². The van der Waals surface area contributed by atoms with Crippen molar-refractivity contribution in [1.29, 1.82) is 0 Å². The van der Waals surface area contributed by atoms with Gasteiger partial charge in [-0.2, -0.15) is 5.10 Å². The lowest BCUT2D eigenvalue weighted by molar-refractivity contribution is 1.04. The largest absolute Gasteiger partial charge is 0.263 e. The van der Waals surface area contributed by atoms with E-state index in [4.69, 9.17) is 11.6 Å². The fourth-order valence-corrected chi connectivity index (χ4v) is 1.72. The molecule has 0 amide bonds. The number of aryl methyl sites for hydroxylation is 1. The summed E-state index contributed by atoms with van der Waals surface area (Å²) in [5.74, 6) is 1.39. The molecule has 1 aromatic heterocycles. The van der Waals surface area contributed by atoms with Crippen LogP contribution in [0.5, 0.6) is 0 Å². The first-order valence-corrected chi connectivity index (χ1v) is 5.19. The molecule has 0 saturated carbocycles. The molecule has 0 spiro atoms. The van der Waals surface area contributed by atoms with Gasteiger partial charge in [-0.25, -0.2) is 4.98 Å². The molecule has 0 atom stereocenters. The Morgan fingerprint density at radius 1 is 1.43 bits per heavy atom. The molecule has 0 aliphatic heterocycles. The van der Waals surface area contributed by atoms with E-state index < -0.39 is 0 Å². The molecular weight excluding hydrogens is 265 g/mol. The summed E-state index contributed by atoms with van der Waals surface area (Å²) in [4.78, 5) is 4.21. The molecule has 0 unspecified atom stereocenters. The minimum atomic E-state index is 0.619.